The van der Waals surface area contributed by atoms with Crippen molar-refractivity contribution in [2.45, 2.75) is 38.8 Å². The molecule has 0 aliphatic carbocycles. The third-order valence-electron chi connectivity index (χ3n) is 4.15. The van der Waals surface area contributed by atoms with Crippen molar-refractivity contribution in [3.8, 4) is 0 Å². The number of ether oxygens (including phenoxy) is 1. The minimum Gasteiger partial charge on any atom is -0.375 e. The average molecular weight is 283 g/mol. The lowest BCUT2D eigenvalue weighted by Gasteiger charge is -2.37. The zero-order valence-electron chi connectivity index (χ0n) is 12.4. The molecule has 2 aliphatic heterocycles. The second kappa shape index (κ2) is 7.04. The molecule has 0 unspecified atom stereocenters. The first kappa shape index (κ1) is 15.3. The number of nitrogens with one attached hydrogen (secondary N) is 2. The van der Waals surface area contributed by atoms with E-state index in [1.165, 1.54) is 6.92 Å². The maximum absolute atomic E-state index is 12.5. The highest BCUT2D eigenvalue weighted by Crippen LogP contribution is 2.18. The summed E-state index contributed by atoms with van der Waals surface area (Å²) < 4.78 is 5.53. The van der Waals surface area contributed by atoms with Crippen molar-refractivity contribution in [3.63, 3.8) is 0 Å². The van der Waals surface area contributed by atoms with Crippen molar-refractivity contribution in [3.05, 3.63) is 0 Å². The van der Waals surface area contributed by atoms with Crippen LogP contribution in [0.3, 0.4) is 0 Å². The lowest BCUT2D eigenvalue weighted by molar-refractivity contribution is -0.141. The number of carbonyl (C=O) groups excluding carboxylic acids is 2. The largest absolute Gasteiger partial charge is 0.375 e. The highest BCUT2D eigenvalue weighted by Gasteiger charge is 2.33. The quantitative estimate of drug-likeness (QED) is 0.748. The summed E-state index contributed by atoms with van der Waals surface area (Å²) in [5.41, 5.74) is 0. The van der Waals surface area contributed by atoms with Crippen molar-refractivity contribution in [2.75, 3.05) is 32.8 Å². The Morgan fingerprint density at radius 1 is 1.35 bits per heavy atom. The van der Waals surface area contributed by atoms with Gasteiger partial charge in [-0.3, -0.25) is 9.59 Å². The SMILES string of the molecule is CC(=O)NCC1CCN(C(=O)[C@H]2NCCO[C@@H]2C)CC1. The van der Waals surface area contributed by atoms with Gasteiger partial charge in [0.05, 0.1) is 12.7 Å². The van der Waals surface area contributed by atoms with Crippen molar-refractivity contribution >= 4 is 11.8 Å². The van der Waals surface area contributed by atoms with E-state index in [9.17, 15) is 9.59 Å². The summed E-state index contributed by atoms with van der Waals surface area (Å²) in [7, 11) is 0. The fourth-order valence-corrected chi connectivity index (χ4v) is 2.85. The second-order valence-electron chi connectivity index (χ2n) is 5.71. The van der Waals surface area contributed by atoms with Crippen LogP contribution < -0.4 is 10.6 Å². The lowest BCUT2D eigenvalue weighted by atomic mass is 9.96. The molecule has 0 aromatic heterocycles. The zero-order chi connectivity index (χ0) is 14.5. The third kappa shape index (κ3) is 3.93. The van der Waals surface area contributed by atoms with E-state index in [-0.39, 0.29) is 24.0 Å². The van der Waals surface area contributed by atoms with Gasteiger partial charge in [-0.25, -0.2) is 0 Å². The van der Waals surface area contributed by atoms with E-state index >= 15 is 0 Å². The Kier molecular flexibility index (Phi) is 5.37. The number of nitrogens with zero attached hydrogens (tertiary/aromatic N) is 1. The molecular weight excluding hydrogens is 258 g/mol. The van der Waals surface area contributed by atoms with E-state index in [4.69, 9.17) is 4.74 Å². The van der Waals surface area contributed by atoms with E-state index in [2.05, 4.69) is 10.6 Å². The smallest absolute Gasteiger partial charge is 0.242 e. The molecule has 0 bridgehead atoms. The van der Waals surface area contributed by atoms with Crippen LogP contribution in [0.4, 0.5) is 0 Å². The fraction of sp³-hybridized carbons (Fsp3) is 0.857. The van der Waals surface area contributed by atoms with Gasteiger partial charge in [0, 0.05) is 33.1 Å². The van der Waals surface area contributed by atoms with Crippen molar-refractivity contribution in [2.24, 2.45) is 5.92 Å². The van der Waals surface area contributed by atoms with Crippen LogP contribution in [-0.4, -0.2) is 61.6 Å². The van der Waals surface area contributed by atoms with E-state index in [1.54, 1.807) is 0 Å². The summed E-state index contributed by atoms with van der Waals surface area (Å²) >= 11 is 0. The molecular formula is C14H25N3O3. The molecule has 2 fully saturated rings. The van der Waals surface area contributed by atoms with Gasteiger partial charge < -0.3 is 20.3 Å². The maximum Gasteiger partial charge on any atom is 0.242 e. The fourth-order valence-electron chi connectivity index (χ4n) is 2.85. The molecule has 0 spiro atoms. The summed E-state index contributed by atoms with van der Waals surface area (Å²) in [4.78, 5) is 25.3. The number of likely N-dealkylation sites (tertiary alicyclic amines) is 1. The predicted octanol–water partition coefficient (Wildman–Crippen LogP) is -0.262. The number of rotatable bonds is 3. The molecule has 0 aromatic carbocycles. The Labute approximate surface area is 120 Å². The Morgan fingerprint density at radius 3 is 2.65 bits per heavy atom. The molecule has 0 aromatic rings. The van der Waals surface area contributed by atoms with E-state index < -0.39 is 0 Å². The molecule has 6 heteroatoms. The highest BCUT2D eigenvalue weighted by atomic mass is 16.5. The highest BCUT2D eigenvalue weighted by molar-refractivity contribution is 5.82. The van der Waals surface area contributed by atoms with Gasteiger partial charge in [0.15, 0.2) is 0 Å². The molecule has 2 saturated heterocycles. The predicted molar refractivity (Wildman–Crippen MR) is 75.2 cm³/mol. The van der Waals surface area contributed by atoms with Gasteiger partial charge in [-0.2, -0.15) is 0 Å². The minimum atomic E-state index is -0.212. The molecule has 2 heterocycles. The summed E-state index contributed by atoms with van der Waals surface area (Å²) in [5.74, 6) is 0.645. The number of hydrogen-bond donors (Lipinski definition) is 2. The van der Waals surface area contributed by atoms with Crippen LogP contribution >= 0.6 is 0 Å². The number of piperidine rings is 1. The van der Waals surface area contributed by atoms with E-state index in [1.807, 2.05) is 11.8 Å². The van der Waals surface area contributed by atoms with Crippen LogP contribution in [0, 0.1) is 5.92 Å². The lowest BCUT2D eigenvalue weighted by Crippen LogP contribution is -2.57. The first-order valence-corrected chi connectivity index (χ1v) is 7.46. The summed E-state index contributed by atoms with van der Waals surface area (Å²) in [6.07, 6.45) is 1.84. The number of hydrogen-bond acceptors (Lipinski definition) is 4. The second-order valence-corrected chi connectivity index (χ2v) is 5.71. The van der Waals surface area contributed by atoms with Crippen LogP contribution in [0.1, 0.15) is 26.7 Å². The van der Waals surface area contributed by atoms with Crippen molar-refractivity contribution in [1.82, 2.24) is 15.5 Å². The summed E-state index contributed by atoms with van der Waals surface area (Å²) in [6, 6.07) is -0.212. The Hall–Kier alpha value is -1.14. The summed E-state index contributed by atoms with van der Waals surface area (Å²) in [5, 5.41) is 6.10. The molecule has 20 heavy (non-hydrogen) atoms. The molecule has 0 radical (unpaired) electrons. The van der Waals surface area contributed by atoms with Crippen molar-refractivity contribution < 1.29 is 14.3 Å². The maximum atomic E-state index is 12.5. The normalized spacial score (nSPS) is 28.2. The van der Waals surface area contributed by atoms with Crippen LogP contribution in [0.5, 0.6) is 0 Å². The van der Waals surface area contributed by atoms with Crippen LogP contribution in [0.2, 0.25) is 0 Å². The van der Waals surface area contributed by atoms with E-state index in [0.717, 1.165) is 39.0 Å². The molecule has 2 N–H and O–H groups in total. The topological polar surface area (TPSA) is 70.7 Å². The van der Waals surface area contributed by atoms with Crippen LogP contribution in [-0.2, 0) is 14.3 Å². The van der Waals surface area contributed by atoms with Gasteiger partial charge in [0.2, 0.25) is 11.8 Å². The number of morpholine rings is 1. The van der Waals surface area contributed by atoms with Gasteiger partial charge in [-0.05, 0) is 25.7 Å². The van der Waals surface area contributed by atoms with Gasteiger partial charge >= 0.3 is 0 Å². The molecule has 2 amide bonds. The van der Waals surface area contributed by atoms with Gasteiger partial charge in [0.1, 0.15) is 6.04 Å². The van der Waals surface area contributed by atoms with Crippen LogP contribution in [0.15, 0.2) is 0 Å². The monoisotopic (exact) mass is 283 g/mol. The standard InChI is InChI=1S/C14H25N3O3/c1-10-13(15-5-8-20-10)14(19)17-6-3-12(4-7-17)9-16-11(2)18/h10,12-13,15H,3-9H2,1-2H3,(H,16,18)/t10-,13+/m1/s1. The number of amides is 2. The van der Waals surface area contributed by atoms with Crippen LogP contribution in [0.25, 0.3) is 0 Å². The Morgan fingerprint density at radius 2 is 2.05 bits per heavy atom. The van der Waals surface area contributed by atoms with E-state index in [0.29, 0.717) is 12.5 Å². The Bertz CT molecular complexity index is 354. The zero-order valence-corrected chi connectivity index (χ0v) is 12.4. The molecule has 2 rings (SSSR count). The molecule has 2 aliphatic rings. The van der Waals surface area contributed by atoms with Gasteiger partial charge in [-0.15, -0.1) is 0 Å². The molecule has 114 valence electrons. The molecule has 6 nitrogen and oxygen atoms in total. The Balaban J connectivity index is 1.78. The van der Waals surface area contributed by atoms with Crippen molar-refractivity contribution in [1.29, 1.82) is 0 Å². The number of carbonyl (C=O) groups is 2. The molecule has 2 atom stereocenters. The molecule has 0 saturated carbocycles. The average Bonchev–Trinajstić information content (AvgIpc) is 2.45. The van der Waals surface area contributed by atoms with Gasteiger partial charge in [-0.1, -0.05) is 0 Å². The minimum absolute atomic E-state index is 0.0147. The first-order valence-electron chi connectivity index (χ1n) is 7.46. The first-order chi connectivity index (χ1) is 9.58. The summed E-state index contributed by atoms with van der Waals surface area (Å²) in [6.45, 7) is 7.15. The van der Waals surface area contributed by atoms with Gasteiger partial charge in [0.25, 0.3) is 0 Å². The third-order valence-corrected chi connectivity index (χ3v) is 4.15.